The Labute approximate surface area is 139 Å². The van der Waals surface area contributed by atoms with Gasteiger partial charge in [-0.2, -0.15) is 5.10 Å². The number of aryl methyl sites for hydroxylation is 2. The first-order valence-corrected chi connectivity index (χ1v) is 7.52. The molecule has 1 unspecified atom stereocenters. The van der Waals surface area contributed by atoms with Gasteiger partial charge in [0.1, 0.15) is 5.82 Å². The van der Waals surface area contributed by atoms with E-state index in [9.17, 15) is 14.0 Å². The number of benzene rings is 1. The van der Waals surface area contributed by atoms with Crippen molar-refractivity contribution in [3.05, 3.63) is 46.5 Å². The molecule has 2 rings (SSSR count). The van der Waals surface area contributed by atoms with Gasteiger partial charge in [-0.25, -0.2) is 4.39 Å². The van der Waals surface area contributed by atoms with Crippen LogP contribution in [0.1, 0.15) is 35.4 Å². The van der Waals surface area contributed by atoms with E-state index < -0.39 is 24.1 Å². The number of hydrogen-bond acceptors (Lipinski definition) is 3. The molecule has 0 saturated heterocycles. The van der Waals surface area contributed by atoms with Crippen LogP contribution in [0.15, 0.2) is 18.2 Å². The number of hydrogen-bond donors (Lipinski definition) is 2. The number of halogens is 1. The molecule has 0 fully saturated rings. The van der Waals surface area contributed by atoms with E-state index in [1.165, 1.54) is 12.1 Å². The van der Waals surface area contributed by atoms with Gasteiger partial charge in [-0.05, 0) is 38.5 Å². The van der Waals surface area contributed by atoms with E-state index in [2.05, 4.69) is 10.4 Å². The van der Waals surface area contributed by atoms with Gasteiger partial charge in [0, 0.05) is 24.0 Å². The molecule has 6 nitrogen and oxygen atoms in total. The number of carboxylic acids is 1. The van der Waals surface area contributed by atoms with Crippen molar-refractivity contribution in [2.24, 2.45) is 7.05 Å². The molecule has 7 heteroatoms. The Morgan fingerprint density at radius 3 is 2.54 bits per heavy atom. The number of nitrogens with zero attached hydrogens (tertiary/aromatic N) is 2. The van der Waals surface area contributed by atoms with Crippen molar-refractivity contribution in [3.63, 3.8) is 0 Å². The summed E-state index contributed by atoms with van der Waals surface area (Å²) in [6.45, 7) is 5.49. The fourth-order valence-corrected chi connectivity index (χ4v) is 2.73. The number of aromatic nitrogens is 2. The highest BCUT2D eigenvalue weighted by molar-refractivity contribution is 5.96. The molecule has 1 aromatic carbocycles. The summed E-state index contributed by atoms with van der Waals surface area (Å²) in [5.41, 5.74) is 2.89. The number of carbonyl (C=O) groups is 2. The molecule has 1 atom stereocenters. The molecule has 0 aliphatic carbocycles. The van der Waals surface area contributed by atoms with Crippen LogP contribution in [-0.4, -0.2) is 26.8 Å². The highest BCUT2D eigenvalue weighted by atomic mass is 19.1. The molecule has 128 valence electrons. The summed E-state index contributed by atoms with van der Waals surface area (Å²) in [6, 6.07) is 3.99. The summed E-state index contributed by atoms with van der Waals surface area (Å²) in [5.74, 6) is -2.49. The van der Waals surface area contributed by atoms with Gasteiger partial charge in [-0.3, -0.25) is 14.3 Å². The maximum absolute atomic E-state index is 13.9. The zero-order valence-electron chi connectivity index (χ0n) is 14.1. The summed E-state index contributed by atoms with van der Waals surface area (Å²) in [5, 5.41) is 15.7. The van der Waals surface area contributed by atoms with Crippen LogP contribution < -0.4 is 5.32 Å². The molecule has 24 heavy (non-hydrogen) atoms. The van der Waals surface area contributed by atoms with Gasteiger partial charge in [0.05, 0.1) is 18.0 Å². The third-order valence-electron chi connectivity index (χ3n) is 4.05. The third-order valence-corrected chi connectivity index (χ3v) is 4.05. The molecular formula is C17H20FN3O3. The normalized spacial score (nSPS) is 12.0. The zero-order valence-corrected chi connectivity index (χ0v) is 14.1. The average molecular weight is 333 g/mol. The van der Waals surface area contributed by atoms with E-state index in [0.29, 0.717) is 0 Å². The van der Waals surface area contributed by atoms with Crippen molar-refractivity contribution in [1.82, 2.24) is 9.78 Å². The molecular weight excluding hydrogens is 313 g/mol. The quantitative estimate of drug-likeness (QED) is 0.881. The standard InChI is InChI=1S/C17H20FN3O3/c1-9(16-10(2)20-21(4)11(16)3)17(24)19-13-6-5-12(7-15(22)23)14(18)8-13/h5-6,8-9H,7H2,1-4H3,(H,19,24)(H,22,23). The van der Waals surface area contributed by atoms with Gasteiger partial charge in [0.25, 0.3) is 0 Å². The maximum Gasteiger partial charge on any atom is 0.307 e. The van der Waals surface area contributed by atoms with Crippen molar-refractivity contribution in [2.45, 2.75) is 33.1 Å². The second-order valence-electron chi connectivity index (χ2n) is 5.80. The molecule has 1 amide bonds. The number of nitrogens with one attached hydrogen (secondary N) is 1. The average Bonchev–Trinajstić information content (AvgIpc) is 2.74. The van der Waals surface area contributed by atoms with Gasteiger partial charge in [0.2, 0.25) is 5.91 Å². The Bertz CT molecular complexity index is 799. The molecule has 2 N–H and O–H groups in total. The van der Waals surface area contributed by atoms with Crippen molar-refractivity contribution in [3.8, 4) is 0 Å². The number of carbonyl (C=O) groups excluding carboxylic acids is 1. The van der Waals surface area contributed by atoms with Gasteiger partial charge >= 0.3 is 5.97 Å². The first-order valence-electron chi connectivity index (χ1n) is 7.52. The smallest absolute Gasteiger partial charge is 0.307 e. The molecule has 0 radical (unpaired) electrons. The summed E-state index contributed by atoms with van der Waals surface area (Å²) in [7, 11) is 1.81. The molecule has 0 saturated carbocycles. The van der Waals surface area contributed by atoms with Crippen LogP contribution in [-0.2, 0) is 23.1 Å². The van der Waals surface area contributed by atoms with Crippen LogP contribution in [0.4, 0.5) is 10.1 Å². The highest BCUT2D eigenvalue weighted by Gasteiger charge is 2.23. The SMILES string of the molecule is Cc1nn(C)c(C)c1C(C)C(=O)Nc1ccc(CC(=O)O)c(F)c1. The minimum Gasteiger partial charge on any atom is -0.481 e. The fraction of sp³-hybridized carbons (Fsp3) is 0.353. The molecule has 1 heterocycles. The minimum absolute atomic E-state index is 0.0764. The van der Waals surface area contributed by atoms with Crippen LogP contribution in [0.3, 0.4) is 0 Å². The van der Waals surface area contributed by atoms with E-state index in [1.54, 1.807) is 11.6 Å². The molecule has 0 aliphatic rings. The fourth-order valence-electron chi connectivity index (χ4n) is 2.73. The second-order valence-corrected chi connectivity index (χ2v) is 5.80. The van der Waals surface area contributed by atoms with Crippen LogP contribution in [0, 0.1) is 19.7 Å². The lowest BCUT2D eigenvalue weighted by Gasteiger charge is -2.13. The summed E-state index contributed by atoms with van der Waals surface area (Å²) in [4.78, 5) is 23.1. The molecule has 0 aliphatic heterocycles. The van der Waals surface area contributed by atoms with Crippen LogP contribution in [0.2, 0.25) is 0 Å². The predicted octanol–water partition coefficient (Wildman–Crippen LogP) is 2.55. The Morgan fingerprint density at radius 1 is 1.38 bits per heavy atom. The summed E-state index contributed by atoms with van der Waals surface area (Å²) in [6.07, 6.45) is -0.398. The Kier molecular flexibility index (Phi) is 5.02. The molecule has 2 aromatic rings. The van der Waals surface area contributed by atoms with Gasteiger partial charge in [-0.15, -0.1) is 0 Å². The minimum atomic E-state index is -1.11. The first kappa shape index (κ1) is 17.7. The number of carboxylic acid groups (broad SMARTS) is 1. The number of amides is 1. The van der Waals surface area contributed by atoms with E-state index in [1.807, 2.05) is 20.9 Å². The van der Waals surface area contributed by atoms with Crippen molar-refractivity contribution >= 4 is 17.6 Å². The number of anilines is 1. The van der Waals surface area contributed by atoms with Gasteiger partial charge in [0.15, 0.2) is 0 Å². The summed E-state index contributed by atoms with van der Waals surface area (Å²) < 4.78 is 15.6. The van der Waals surface area contributed by atoms with Crippen molar-refractivity contribution in [2.75, 3.05) is 5.32 Å². The Hall–Kier alpha value is -2.70. The topological polar surface area (TPSA) is 84.2 Å². The zero-order chi connectivity index (χ0) is 18.0. The van der Waals surface area contributed by atoms with Gasteiger partial charge < -0.3 is 10.4 Å². The molecule has 0 spiro atoms. The number of aliphatic carboxylic acids is 1. The van der Waals surface area contributed by atoms with E-state index >= 15 is 0 Å². The largest absolute Gasteiger partial charge is 0.481 e. The van der Waals surface area contributed by atoms with E-state index in [0.717, 1.165) is 23.0 Å². The van der Waals surface area contributed by atoms with Crippen molar-refractivity contribution in [1.29, 1.82) is 0 Å². The lowest BCUT2D eigenvalue weighted by Crippen LogP contribution is -2.20. The monoisotopic (exact) mass is 333 g/mol. The van der Waals surface area contributed by atoms with Crippen LogP contribution >= 0.6 is 0 Å². The Balaban J connectivity index is 2.17. The summed E-state index contributed by atoms with van der Waals surface area (Å²) >= 11 is 0. The number of rotatable bonds is 5. The Morgan fingerprint density at radius 2 is 2.04 bits per heavy atom. The molecule has 1 aromatic heterocycles. The lowest BCUT2D eigenvalue weighted by molar-refractivity contribution is -0.136. The lowest BCUT2D eigenvalue weighted by atomic mass is 9.98. The third kappa shape index (κ3) is 3.61. The van der Waals surface area contributed by atoms with Gasteiger partial charge in [-0.1, -0.05) is 6.07 Å². The maximum atomic E-state index is 13.9. The molecule has 0 bridgehead atoms. The van der Waals surface area contributed by atoms with Crippen molar-refractivity contribution < 1.29 is 19.1 Å². The first-order chi connectivity index (χ1) is 11.2. The second kappa shape index (κ2) is 6.82. The predicted molar refractivity (Wildman–Crippen MR) is 87.5 cm³/mol. The van der Waals surface area contributed by atoms with Crippen LogP contribution in [0.5, 0.6) is 0 Å². The van der Waals surface area contributed by atoms with E-state index in [4.69, 9.17) is 5.11 Å². The highest BCUT2D eigenvalue weighted by Crippen LogP contribution is 2.24. The van der Waals surface area contributed by atoms with Crippen LogP contribution in [0.25, 0.3) is 0 Å². The van der Waals surface area contributed by atoms with E-state index in [-0.39, 0.29) is 17.2 Å².